The van der Waals surface area contributed by atoms with Crippen LogP contribution in [0.3, 0.4) is 0 Å². The smallest absolute Gasteiger partial charge is 0.320 e. The minimum atomic E-state index is -3.37. The van der Waals surface area contributed by atoms with E-state index in [2.05, 4.69) is 0 Å². The summed E-state index contributed by atoms with van der Waals surface area (Å²) >= 11 is 44.9. The number of rotatable bonds is 32. The highest BCUT2D eigenvalue weighted by Gasteiger charge is 2.27. The summed E-state index contributed by atoms with van der Waals surface area (Å²) in [5, 5.41) is 67.9. The molecule has 0 bridgehead atoms. The van der Waals surface area contributed by atoms with Gasteiger partial charge < -0.3 is 133 Å². The molecule has 688 valence electrons. The first-order valence-electron chi connectivity index (χ1n) is 48.8. The quantitative estimate of drug-likeness (QED) is 0.0146. The molecule has 0 spiro atoms. The monoisotopic (exact) mass is 1970 g/mol. The minimum absolute atomic E-state index is 0.0952. The molecule has 40 nitrogen and oxygen atoms in total. The third kappa shape index (κ3) is 40.7. The lowest BCUT2D eigenvalue weighted by Crippen LogP contribution is -2.32. The molecule has 48 heteroatoms. The number of anilines is 8. The third-order valence-electron chi connectivity index (χ3n) is 13.4. The topological polar surface area (TPSA) is 851 Å². The number of ketones is 8. The van der Waals surface area contributed by atoms with Gasteiger partial charge >= 0.3 is 47.8 Å². The summed E-state index contributed by atoms with van der Waals surface area (Å²) in [4.78, 5) is 182. The van der Waals surface area contributed by atoms with E-state index < -0.39 is 328 Å². The van der Waals surface area contributed by atoms with Crippen molar-refractivity contribution in [3.63, 3.8) is 0 Å². The largest absolute Gasteiger partial charge is 0.480 e. The normalized spacial score (nSPS) is 18.1. The Labute approximate surface area is 811 Å². The van der Waals surface area contributed by atoms with Gasteiger partial charge in [0.25, 0.3) is 0 Å². The van der Waals surface area contributed by atoms with E-state index in [1.807, 2.05) is 0 Å². The number of benzene rings is 8. The van der Waals surface area contributed by atoms with E-state index in [-0.39, 0.29) is 92.2 Å². The Morgan fingerprint density at radius 1 is 0.250 bits per heavy atom. The van der Waals surface area contributed by atoms with E-state index in [1.54, 1.807) is 0 Å². The van der Waals surface area contributed by atoms with E-state index in [1.165, 1.54) is 0 Å². The minimum Gasteiger partial charge on any atom is -0.480 e. The van der Waals surface area contributed by atoms with Gasteiger partial charge in [-0.3, -0.25) is 76.7 Å². The Morgan fingerprint density at radius 2 is 0.469 bits per heavy atom. The van der Waals surface area contributed by atoms with Crippen molar-refractivity contribution < 1.29 is 161 Å². The van der Waals surface area contributed by atoms with Crippen molar-refractivity contribution in [3.8, 4) is 0 Å². The van der Waals surface area contributed by atoms with Crippen LogP contribution >= 0.6 is 92.8 Å². The van der Waals surface area contributed by atoms with Crippen molar-refractivity contribution in [1.29, 1.82) is 0 Å². The zero-order chi connectivity index (χ0) is 127. The number of hydrogen-bond acceptors (Lipinski definition) is 32. The highest BCUT2D eigenvalue weighted by Crippen LogP contribution is 2.27. The average Bonchev–Trinajstić information content (AvgIpc) is 0.768. The summed E-state index contributed by atoms with van der Waals surface area (Å²) in [7, 11) is 0. The Kier molecular flexibility index (Phi) is 29.8. The molecule has 0 amide bonds. The second kappa shape index (κ2) is 55.0. The van der Waals surface area contributed by atoms with E-state index >= 15 is 0 Å². The van der Waals surface area contributed by atoms with E-state index in [9.17, 15) is 76.7 Å². The SMILES string of the molecule is [2H]c1c(Cl)cc(N)c(C(=O)C([2H])([2H])C(N)C(=O)O)c1[2H].[2H]c1c(Cl)cc(N)c(C(=O)C([2H])C([2H])(N)C(=O)O)c1[2H].[2H]c1c(Cl)cc(N)c(C(=O)CC([2H])(N)C(=O)O)c1[2H].[2H]c1cc(C(=O)C([2H])([2H])C(N)C(=O)O)c(N)c([2H])c1Cl.[2H]c1cc(C(=O)C([2H])([2H])C([2H])(N)C(=O)O)c(N)c([2H])c1Cl.[2H]c1cc(C(=O)C([2H])C([2H])(N)C(=O)O)c(N)c([2H])c1Cl.[2H]c1cc(C(=O)CC([2H])(N)C(=O)O)c(N)c([2H])c1Cl.[2H]c1cc(Cl)c([2H])c(N)c1C(=O)C([2H])([2H])C([2H])(N)C(=O)O. The molecule has 8 aromatic carbocycles. The van der Waals surface area contributed by atoms with E-state index in [4.69, 9.17) is 269 Å². The second-order valence-electron chi connectivity index (χ2n) is 22.8. The summed E-state index contributed by atoms with van der Waals surface area (Å²) in [6.07, 6.45) is -18.7. The Hall–Kier alpha value is -12.7. The molecule has 40 N–H and O–H groups in total. The van der Waals surface area contributed by atoms with Crippen molar-refractivity contribution in [2.24, 2.45) is 45.9 Å². The first kappa shape index (κ1) is 69.4. The predicted molar refractivity (Wildman–Crippen MR) is 483 cm³/mol. The fourth-order valence-electron chi connectivity index (χ4n) is 7.39. The molecule has 8 aromatic rings. The molecule has 0 aliphatic heterocycles. The molecule has 0 saturated heterocycles. The summed E-state index contributed by atoms with van der Waals surface area (Å²) in [6, 6.07) is -21.6. The van der Waals surface area contributed by atoms with Crippen LogP contribution in [0.2, 0.25) is 40.2 Å². The molecule has 10 atom stereocenters. The number of aliphatic carboxylic acids is 8. The number of carboxylic acid groups (broad SMARTS) is 8. The van der Waals surface area contributed by atoms with Gasteiger partial charge in [0.2, 0.25) is 0 Å². The molecule has 128 heavy (non-hydrogen) atoms. The van der Waals surface area contributed by atoms with Crippen molar-refractivity contribution >= 4 is 232 Å². The van der Waals surface area contributed by atoms with E-state index in [0.29, 0.717) is 0 Å². The second-order valence-corrected chi connectivity index (χ2v) is 26.0. The summed E-state index contributed by atoms with van der Waals surface area (Å²) in [6.45, 7) is 0. The number of halogens is 8. The fourth-order valence-corrected chi connectivity index (χ4v) is 8.67. The lowest BCUT2D eigenvalue weighted by molar-refractivity contribution is -0.139. The number of nitrogen functional groups attached to an aromatic ring is 8. The molecular formula is C80H88Cl8N16O24. The van der Waals surface area contributed by atoms with Crippen molar-refractivity contribution in [2.45, 2.75) is 99.3 Å². The predicted octanol–water partition coefficient (Wildman–Crippen LogP) is 7.26. The van der Waals surface area contributed by atoms with Gasteiger partial charge in [0.1, 0.15) is 48.2 Å². The van der Waals surface area contributed by atoms with Crippen molar-refractivity contribution in [2.75, 3.05) is 45.9 Å². The molecule has 0 fully saturated rings. The highest BCUT2D eigenvalue weighted by atomic mass is 35.5. The van der Waals surface area contributed by atoms with Crippen LogP contribution in [-0.4, -0.2) is 183 Å². The molecule has 0 aromatic heterocycles. The van der Waals surface area contributed by atoms with Crippen LogP contribution in [0, 0.1) is 0 Å². The first-order valence-corrected chi connectivity index (χ1v) is 35.6. The van der Waals surface area contributed by atoms with Gasteiger partial charge in [-0.2, -0.15) is 0 Å². The zero-order valence-corrected chi connectivity index (χ0v) is 69.8. The Bertz CT molecular complexity index is 7270. The molecule has 0 aliphatic carbocycles. The molecule has 0 saturated carbocycles. The summed E-state index contributed by atoms with van der Waals surface area (Å²) < 4.78 is 239. The number of carboxylic acids is 8. The summed E-state index contributed by atoms with van der Waals surface area (Å²) in [5.74, 6) is -24.5. The number of Topliss-reactive ketones (excluding diaryl/α,β-unsaturated/α-hetero) is 8. The van der Waals surface area contributed by atoms with Gasteiger partial charge in [0, 0.05) is 195 Å². The van der Waals surface area contributed by atoms with E-state index in [0.717, 1.165) is 48.5 Å². The number of nitrogens with two attached hydrogens (primary N) is 16. The van der Waals surface area contributed by atoms with Crippen LogP contribution in [0.5, 0.6) is 0 Å². The highest BCUT2D eigenvalue weighted by molar-refractivity contribution is 6.34. The van der Waals surface area contributed by atoms with Gasteiger partial charge in [-0.25, -0.2) is 0 Å². The lowest BCUT2D eigenvalue weighted by atomic mass is 10.0. The first-order chi connectivity index (χ1) is 71.9. The number of carbonyl (C=O) groups is 16. The maximum absolute atomic E-state index is 12.2. The van der Waals surface area contributed by atoms with Crippen LogP contribution in [-0.2, 0) is 38.4 Å². The van der Waals surface area contributed by atoms with Crippen LogP contribution in [0.15, 0.2) is 145 Å². The molecular weight excluding hydrogens is 1850 g/mol. The maximum atomic E-state index is 12.2. The Morgan fingerprint density at radius 3 is 0.766 bits per heavy atom. The lowest BCUT2D eigenvalue weighted by Gasteiger charge is -2.07. The molecule has 0 radical (unpaired) electrons. The van der Waals surface area contributed by atoms with Crippen LogP contribution in [0.25, 0.3) is 0 Å². The third-order valence-corrected chi connectivity index (χ3v) is 15.1. The van der Waals surface area contributed by atoms with Gasteiger partial charge in [-0.05, 0) is 145 Å². The van der Waals surface area contributed by atoms with Gasteiger partial charge in [0.15, 0.2) is 46.3 Å². The number of carbonyl (C=O) groups excluding carboxylic acids is 8. The standard InChI is InChI=1S/8C10H11ClN2O3/c8*11-5-1-2-6(7(12)3-5)9(14)4-8(13)10(15)16/h8*1-3,8H,4,12-13H2,(H,15,16)/i2D,3D,4D2,8D;1D,3D,4D2,8D;1D,3D,4D,8D;1D,2D,4D,8D;1D,3D,8D;1D,3D,4D2;1D,2D,8D;1D,2D,4D2. The maximum Gasteiger partial charge on any atom is 0.320 e. The molecule has 10 unspecified atom stereocenters. The van der Waals surface area contributed by atoms with Crippen molar-refractivity contribution in [1.82, 2.24) is 0 Å². The molecule has 0 heterocycles. The molecule has 8 rings (SSSR count). The van der Waals surface area contributed by atoms with Gasteiger partial charge in [0.05, 0.1) is 30.2 Å². The van der Waals surface area contributed by atoms with Crippen LogP contribution in [0.4, 0.5) is 45.5 Å². The molecule has 0 aliphatic rings. The van der Waals surface area contributed by atoms with Gasteiger partial charge in [-0.15, -0.1) is 0 Å². The Balaban J connectivity index is 0.000000914. The van der Waals surface area contributed by atoms with Gasteiger partial charge in [-0.1, -0.05) is 92.8 Å². The number of hydrogen-bond donors (Lipinski definition) is 24. The fraction of sp³-hybridized carbons (Fsp3) is 0.200. The van der Waals surface area contributed by atoms with Crippen LogP contribution < -0.4 is 91.7 Å². The summed E-state index contributed by atoms with van der Waals surface area (Å²) in [5.41, 5.74) is 77.9. The van der Waals surface area contributed by atoms with Crippen molar-refractivity contribution in [3.05, 3.63) is 230 Å². The van der Waals surface area contributed by atoms with Crippen LogP contribution in [0.1, 0.15) is 178 Å². The average molecular weight is 1970 g/mol. The zero-order valence-electron chi connectivity index (χ0n) is 95.7.